The van der Waals surface area contributed by atoms with Crippen LogP contribution in [0.25, 0.3) is 5.76 Å². The summed E-state index contributed by atoms with van der Waals surface area (Å²) in [5, 5.41) is 9.91. The molecule has 0 fully saturated rings. The third-order valence-electron chi connectivity index (χ3n) is 2.83. The van der Waals surface area contributed by atoms with Crippen LogP contribution in [0.15, 0.2) is 65.1 Å². The van der Waals surface area contributed by atoms with E-state index in [0.29, 0.717) is 10.0 Å². The number of hydrogen-bond acceptors (Lipinski definition) is 4. The van der Waals surface area contributed by atoms with Crippen LogP contribution in [0.5, 0.6) is 0 Å². The van der Waals surface area contributed by atoms with E-state index in [2.05, 4.69) is 15.9 Å². The van der Waals surface area contributed by atoms with Crippen molar-refractivity contribution in [2.45, 2.75) is 6.61 Å². The molecule has 0 radical (unpaired) electrons. The molecule has 0 amide bonds. The zero-order valence-corrected chi connectivity index (χ0v) is 13.1. The standard InChI is InChI=1S/C17H13BrO4/c18-14-9-5-4-8-13(14)15(19)10-16(20)17(21)22-11-12-6-2-1-3-7-12/h1-10,19H,11H2/b15-10-. The van der Waals surface area contributed by atoms with E-state index in [9.17, 15) is 14.7 Å². The number of carbonyl (C=O) groups excluding carboxylic acids is 2. The normalized spacial score (nSPS) is 11.0. The monoisotopic (exact) mass is 360 g/mol. The summed E-state index contributed by atoms with van der Waals surface area (Å²) in [6.45, 7) is 0.00897. The van der Waals surface area contributed by atoms with Gasteiger partial charge in [-0.05, 0) is 11.6 Å². The average Bonchev–Trinajstić information content (AvgIpc) is 2.53. The van der Waals surface area contributed by atoms with Gasteiger partial charge in [-0.15, -0.1) is 0 Å². The van der Waals surface area contributed by atoms with Crippen molar-refractivity contribution >= 4 is 33.4 Å². The maximum absolute atomic E-state index is 11.7. The van der Waals surface area contributed by atoms with E-state index in [4.69, 9.17) is 4.74 Å². The number of ketones is 1. The first-order valence-corrected chi connectivity index (χ1v) is 7.28. The summed E-state index contributed by atoms with van der Waals surface area (Å²) in [6, 6.07) is 15.9. The molecule has 0 saturated carbocycles. The molecule has 0 aliphatic carbocycles. The molecule has 0 spiro atoms. The lowest BCUT2D eigenvalue weighted by Gasteiger charge is -2.04. The van der Waals surface area contributed by atoms with Crippen LogP contribution in [0.1, 0.15) is 11.1 Å². The first-order valence-electron chi connectivity index (χ1n) is 6.48. The summed E-state index contributed by atoms with van der Waals surface area (Å²) in [5.74, 6) is -2.22. The van der Waals surface area contributed by atoms with Gasteiger partial charge < -0.3 is 9.84 Å². The Hall–Kier alpha value is -2.40. The molecule has 2 rings (SSSR count). The summed E-state index contributed by atoms with van der Waals surface area (Å²) >= 11 is 3.26. The van der Waals surface area contributed by atoms with Crippen molar-refractivity contribution in [1.29, 1.82) is 0 Å². The molecule has 0 aliphatic heterocycles. The minimum absolute atomic E-state index is 0.00897. The largest absolute Gasteiger partial charge is 0.507 e. The average molecular weight is 361 g/mol. The third kappa shape index (κ3) is 4.30. The fourth-order valence-corrected chi connectivity index (χ4v) is 2.21. The number of aliphatic hydroxyl groups is 1. The smallest absolute Gasteiger partial charge is 0.379 e. The van der Waals surface area contributed by atoms with Crippen LogP contribution in [0.4, 0.5) is 0 Å². The molecule has 0 heterocycles. The SMILES string of the molecule is O=C(/C=C(\O)c1ccccc1Br)C(=O)OCc1ccccc1. The first kappa shape index (κ1) is 16.0. The summed E-state index contributed by atoms with van der Waals surface area (Å²) < 4.78 is 5.52. The van der Waals surface area contributed by atoms with Gasteiger partial charge in [-0.3, -0.25) is 4.79 Å². The summed E-state index contributed by atoms with van der Waals surface area (Å²) in [6.07, 6.45) is 0.855. The molecule has 2 aromatic rings. The zero-order valence-electron chi connectivity index (χ0n) is 11.5. The molecule has 2 aromatic carbocycles. The number of aliphatic hydroxyl groups excluding tert-OH is 1. The van der Waals surface area contributed by atoms with Crippen LogP contribution >= 0.6 is 15.9 Å². The van der Waals surface area contributed by atoms with Crippen molar-refractivity contribution in [3.05, 3.63) is 76.3 Å². The van der Waals surface area contributed by atoms with Gasteiger partial charge in [-0.25, -0.2) is 4.79 Å². The Morgan fingerprint density at radius 3 is 2.36 bits per heavy atom. The van der Waals surface area contributed by atoms with E-state index in [1.54, 1.807) is 36.4 Å². The highest BCUT2D eigenvalue weighted by Crippen LogP contribution is 2.22. The summed E-state index contributed by atoms with van der Waals surface area (Å²) in [5.41, 5.74) is 1.20. The molecule has 4 nitrogen and oxygen atoms in total. The second kappa shape index (κ2) is 7.56. The number of ether oxygens (including phenoxy) is 1. The van der Waals surface area contributed by atoms with Crippen LogP contribution in [-0.2, 0) is 20.9 Å². The van der Waals surface area contributed by atoms with E-state index >= 15 is 0 Å². The predicted octanol–water partition coefficient (Wildman–Crippen LogP) is 3.66. The van der Waals surface area contributed by atoms with Gasteiger partial charge in [0.1, 0.15) is 12.4 Å². The molecule has 0 bridgehead atoms. The highest BCUT2D eigenvalue weighted by molar-refractivity contribution is 9.10. The number of halogens is 1. The Balaban J connectivity index is 2.00. The van der Waals surface area contributed by atoms with Crippen molar-refractivity contribution in [2.24, 2.45) is 0 Å². The Bertz CT molecular complexity index is 708. The van der Waals surface area contributed by atoms with Gasteiger partial charge >= 0.3 is 5.97 Å². The maximum Gasteiger partial charge on any atom is 0.379 e. The first-order chi connectivity index (χ1) is 10.6. The molecular weight excluding hydrogens is 348 g/mol. The van der Waals surface area contributed by atoms with E-state index in [1.165, 1.54) is 0 Å². The van der Waals surface area contributed by atoms with Gasteiger partial charge in [0.25, 0.3) is 5.78 Å². The molecule has 0 aliphatic rings. The molecule has 0 saturated heterocycles. The number of esters is 1. The van der Waals surface area contributed by atoms with Gasteiger partial charge in [0, 0.05) is 16.1 Å². The predicted molar refractivity (Wildman–Crippen MR) is 86.0 cm³/mol. The highest BCUT2D eigenvalue weighted by atomic mass is 79.9. The maximum atomic E-state index is 11.7. The van der Waals surface area contributed by atoms with Gasteiger partial charge in [-0.1, -0.05) is 64.5 Å². The van der Waals surface area contributed by atoms with Crippen molar-refractivity contribution in [2.75, 3.05) is 0 Å². The van der Waals surface area contributed by atoms with Crippen LogP contribution in [0.2, 0.25) is 0 Å². The molecule has 0 aromatic heterocycles. The Labute approximate surface area is 136 Å². The summed E-state index contributed by atoms with van der Waals surface area (Å²) in [4.78, 5) is 23.4. The number of carbonyl (C=O) groups is 2. The van der Waals surface area contributed by atoms with Crippen molar-refractivity contribution in [3.63, 3.8) is 0 Å². The lowest BCUT2D eigenvalue weighted by Crippen LogP contribution is -2.15. The van der Waals surface area contributed by atoms with E-state index in [-0.39, 0.29) is 12.4 Å². The minimum atomic E-state index is -1.01. The number of rotatable bonds is 5. The Morgan fingerprint density at radius 1 is 1.05 bits per heavy atom. The zero-order chi connectivity index (χ0) is 15.9. The quantitative estimate of drug-likeness (QED) is 0.382. The van der Waals surface area contributed by atoms with Crippen molar-refractivity contribution in [3.8, 4) is 0 Å². The fourth-order valence-electron chi connectivity index (χ4n) is 1.72. The van der Waals surface area contributed by atoms with Crippen molar-refractivity contribution in [1.82, 2.24) is 0 Å². The van der Waals surface area contributed by atoms with Gasteiger partial charge in [0.15, 0.2) is 0 Å². The van der Waals surface area contributed by atoms with Crippen molar-refractivity contribution < 1.29 is 19.4 Å². The van der Waals surface area contributed by atoms with Crippen LogP contribution < -0.4 is 0 Å². The molecule has 0 unspecified atom stereocenters. The lowest BCUT2D eigenvalue weighted by atomic mass is 10.1. The third-order valence-corrected chi connectivity index (χ3v) is 3.52. The van der Waals surface area contributed by atoms with E-state index < -0.39 is 11.8 Å². The Morgan fingerprint density at radius 2 is 1.68 bits per heavy atom. The molecule has 5 heteroatoms. The van der Waals surface area contributed by atoms with Gasteiger partial charge in [0.05, 0.1) is 0 Å². The van der Waals surface area contributed by atoms with Gasteiger partial charge in [-0.2, -0.15) is 0 Å². The second-order valence-corrected chi connectivity index (χ2v) is 5.29. The molecule has 1 N–H and O–H groups in total. The lowest BCUT2D eigenvalue weighted by molar-refractivity contribution is -0.152. The molecule has 22 heavy (non-hydrogen) atoms. The molecule has 112 valence electrons. The van der Waals surface area contributed by atoms with Crippen LogP contribution in [0, 0.1) is 0 Å². The molecule has 0 atom stereocenters. The van der Waals surface area contributed by atoms with Gasteiger partial charge in [0.2, 0.25) is 0 Å². The van der Waals surface area contributed by atoms with Crippen LogP contribution in [-0.4, -0.2) is 16.9 Å². The van der Waals surface area contributed by atoms with Crippen LogP contribution in [0.3, 0.4) is 0 Å². The van der Waals surface area contributed by atoms with E-state index in [0.717, 1.165) is 11.6 Å². The Kier molecular flexibility index (Phi) is 5.49. The highest BCUT2D eigenvalue weighted by Gasteiger charge is 2.15. The minimum Gasteiger partial charge on any atom is -0.507 e. The molecular formula is C17H13BrO4. The van der Waals surface area contributed by atoms with E-state index in [1.807, 2.05) is 18.2 Å². The number of benzene rings is 2. The summed E-state index contributed by atoms with van der Waals surface area (Å²) in [7, 11) is 0. The topological polar surface area (TPSA) is 63.6 Å². The number of hydrogen-bond donors (Lipinski definition) is 1. The second-order valence-electron chi connectivity index (χ2n) is 4.44. The fraction of sp³-hybridized carbons (Fsp3) is 0.0588.